The van der Waals surface area contributed by atoms with Crippen molar-refractivity contribution in [1.82, 2.24) is 9.88 Å². The minimum atomic E-state index is 0.0338. The van der Waals surface area contributed by atoms with E-state index in [4.69, 9.17) is 0 Å². The molecule has 0 saturated carbocycles. The highest BCUT2D eigenvalue weighted by molar-refractivity contribution is 5.76. The van der Waals surface area contributed by atoms with E-state index in [9.17, 15) is 9.59 Å². The second-order valence-electron chi connectivity index (χ2n) is 4.30. The Hall–Kier alpha value is -1.58. The van der Waals surface area contributed by atoms with E-state index in [1.807, 2.05) is 18.7 Å². The van der Waals surface area contributed by atoms with Gasteiger partial charge in [0.2, 0.25) is 5.91 Å². The van der Waals surface area contributed by atoms with Crippen LogP contribution in [0.5, 0.6) is 0 Å². The summed E-state index contributed by atoms with van der Waals surface area (Å²) < 4.78 is 0. The Labute approximate surface area is 94.3 Å². The highest BCUT2D eigenvalue weighted by Gasteiger charge is 2.31. The van der Waals surface area contributed by atoms with Gasteiger partial charge in [0.1, 0.15) is 0 Å². The molecule has 1 fully saturated rings. The first kappa shape index (κ1) is 10.9. The Morgan fingerprint density at radius 1 is 1.50 bits per heavy atom. The molecule has 1 aromatic rings. The highest BCUT2D eigenvalue weighted by Crippen LogP contribution is 2.25. The monoisotopic (exact) mass is 220 g/mol. The molecule has 86 valence electrons. The number of hydrogen-bond donors (Lipinski definition) is 1. The van der Waals surface area contributed by atoms with Gasteiger partial charge in [-0.15, -0.1) is 0 Å². The summed E-state index contributed by atoms with van der Waals surface area (Å²) in [5.74, 6) is 0.481. The molecule has 2 rings (SSSR count). The molecule has 0 bridgehead atoms. The fourth-order valence-corrected chi connectivity index (χ4v) is 2.03. The van der Waals surface area contributed by atoms with E-state index >= 15 is 0 Å². The summed E-state index contributed by atoms with van der Waals surface area (Å²) >= 11 is 0. The van der Waals surface area contributed by atoms with Crippen molar-refractivity contribution in [2.75, 3.05) is 13.1 Å². The topological polar surface area (TPSA) is 53.2 Å². The van der Waals surface area contributed by atoms with Gasteiger partial charge >= 0.3 is 0 Å². The van der Waals surface area contributed by atoms with E-state index in [1.165, 1.54) is 0 Å². The fourth-order valence-electron chi connectivity index (χ4n) is 2.03. The first-order chi connectivity index (χ1) is 7.60. The van der Waals surface area contributed by atoms with Crippen molar-refractivity contribution in [3.8, 4) is 0 Å². The lowest BCUT2D eigenvalue weighted by molar-refractivity contribution is -0.135. The van der Waals surface area contributed by atoms with Gasteiger partial charge in [-0.1, -0.05) is 6.92 Å². The molecule has 0 aromatic carbocycles. The Morgan fingerprint density at radius 2 is 2.19 bits per heavy atom. The second-order valence-corrected chi connectivity index (χ2v) is 4.30. The molecule has 4 heteroatoms. The number of likely N-dealkylation sites (tertiary alicyclic amines) is 1. The molecule has 1 N–H and O–H groups in total. The van der Waals surface area contributed by atoms with Gasteiger partial charge in [0.15, 0.2) is 5.43 Å². The van der Waals surface area contributed by atoms with Gasteiger partial charge in [0.05, 0.1) is 0 Å². The Kier molecular flexibility index (Phi) is 2.81. The average Bonchev–Trinajstić information content (AvgIpc) is 2.13. The molecule has 1 saturated heterocycles. The summed E-state index contributed by atoms with van der Waals surface area (Å²) in [4.78, 5) is 27.7. The van der Waals surface area contributed by atoms with Gasteiger partial charge in [-0.2, -0.15) is 0 Å². The predicted octanol–water partition coefficient (Wildman–Crippen LogP) is 1.02. The first-order valence-electron chi connectivity index (χ1n) is 5.58. The number of hydrogen-bond acceptors (Lipinski definition) is 2. The van der Waals surface area contributed by atoms with Crippen molar-refractivity contribution < 1.29 is 4.79 Å². The summed E-state index contributed by atoms with van der Waals surface area (Å²) in [6, 6.07) is 3.21. The van der Waals surface area contributed by atoms with Gasteiger partial charge in [0, 0.05) is 48.9 Å². The largest absolute Gasteiger partial charge is 0.362 e. The van der Waals surface area contributed by atoms with Crippen molar-refractivity contribution in [3.63, 3.8) is 0 Å². The molecule has 0 atom stereocenters. The molecule has 1 amide bonds. The van der Waals surface area contributed by atoms with Gasteiger partial charge < -0.3 is 9.88 Å². The predicted molar refractivity (Wildman–Crippen MR) is 61.4 cm³/mol. The molecule has 2 heterocycles. The molecule has 1 aromatic heterocycles. The van der Waals surface area contributed by atoms with Crippen LogP contribution in [0.4, 0.5) is 0 Å². The zero-order valence-electron chi connectivity index (χ0n) is 9.62. The minimum absolute atomic E-state index is 0.0338. The number of carbonyl (C=O) groups is 1. The first-order valence-corrected chi connectivity index (χ1v) is 5.58. The van der Waals surface area contributed by atoms with Gasteiger partial charge in [-0.3, -0.25) is 9.59 Å². The van der Waals surface area contributed by atoms with Crippen molar-refractivity contribution in [1.29, 1.82) is 0 Å². The SMILES string of the molecule is CCC(=O)N1CC(c2cc(=O)cc(C)[nH]2)C1. The van der Waals surface area contributed by atoms with Crippen LogP contribution in [-0.4, -0.2) is 28.9 Å². The maximum atomic E-state index is 11.4. The standard InChI is InChI=1S/C12H16N2O2/c1-3-12(16)14-6-9(7-14)11-5-10(15)4-8(2)13-11/h4-5,9H,3,6-7H2,1-2H3,(H,13,15). The molecule has 1 aliphatic heterocycles. The quantitative estimate of drug-likeness (QED) is 0.809. The van der Waals surface area contributed by atoms with Gasteiger partial charge in [-0.25, -0.2) is 0 Å². The van der Waals surface area contributed by atoms with E-state index < -0.39 is 0 Å². The third kappa shape index (κ3) is 2.01. The number of amides is 1. The maximum Gasteiger partial charge on any atom is 0.222 e. The normalized spacial score (nSPS) is 16.0. The number of aromatic amines is 1. The van der Waals surface area contributed by atoms with E-state index in [2.05, 4.69) is 4.98 Å². The van der Waals surface area contributed by atoms with Crippen molar-refractivity contribution in [2.24, 2.45) is 0 Å². The van der Waals surface area contributed by atoms with Gasteiger partial charge in [-0.05, 0) is 6.92 Å². The Bertz CT molecular complexity index is 458. The molecule has 0 spiro atoms. The Balaban J connectivity index is 2.06. The third-order valence-electron chi connectivity index (χ3n) is 2.97. The van der Waals surface area contributed by atoms with Crippen LogP contribution < -0.4 is 5.43 Å². The second kappa shape index (κ2) is 4.12. The number of H-pyrrole nitrogens is 1. The molecule has 0 aliphatic carbocycles. The van der Waals surface area contributed by atoms with Crippen molar-refractivity contribution in [3.05, 3.63) is 33.7 Å². The molecule has 16 heavy (non-hydrogen) atoms. The third-order valence-corrected chi connectivity index (χ3v) is 2.97. The number of aryl methyl sites for hydroxylation is 1. The van der Waals surface area contributed by atoms with Crippen LogP contribution in [0.2, 0.25) is 0 Å². The van der Waals surface area contributed by atoms with Crippen molar-refractivity contribution in [2.45, 2.75) is 26.2 Å². The fraction of sp³-hybridized carbons (Fsp3) is 0.500. The van der Waals surface area contributed by atoms with Crippen LogP contribution in [0.3, 0.4) is 0 Å². The number of aromatic nitrogens is 1. The van der Waals surface area contributed by atoms with E-state index in [1.54, 1.807) is 12.1 Å². The van der Waals surface area contributed by atoms with Crippen LogP contribution in [0.25, 0.3) is 0 Å². The van der Waals surface area contributed by atoms with Crippen LogP contribution >= 0.6 is 0 Å². The molecular weight excluding hydrogens is 204 g/mol. The number of nitrogens with one attached hydrogen (secondary N) is 1. The Morgan fingerprint density at radius 3 is 2.75 bits per heavy atom. The van der Waals surface area contributed by atoms with Crippen LogP contribution in [0.1, 0.15) is 30.7 Å². The average molecular weight is 220 g/mol. The minimum Gasteiger partial charge on any atom is -0.362 e. The number of nitrogens with zero attached hydrogens (tertiary/aromatic N) is 1. The summed E-state index contributed by atoms with van der Waals surface area (Å²) in [6.07, 6.45) is 0.553. The zero-order chi connectivity index (χ0) is 11.7. The molecular formula is C12H16N2O2. The van der Waals surface area contributed by atoms with E-state index in [-0.39, 0.29) is 11.3 Å². The summed E-state index contributed by atoms with van der Waals surface area (Å²) in [7, 11) is 0. The lowest BCUT2D eigenvalue weighted by atomic mass is 9.95. The zero-order valence-corrected chi connectivity index (χ0v) is 9.62. The lowest BCUT2D eigenvalue weighted by Gasteiger charge is -2.39. The number of carbonyl (C=O) groups excluding carboxylic acids is 1. The molecule has 1 aliphatic rings. The van der Waals surface area contributed by atoms with Crippen LogP contribution in [0.15, 0.2) is 16.9 Å². The lowest BCUT2D eigenvalue weighted by Crippen LogP contribution is -2.48. The van der Waals surface area contributed by atoms with Gasteiger partial charge in [0.25, 0.3) is 0 Å². The molecule has 0 radical (unpaired) electrons. The number of pyridine rings is 1. The van der Waals surface area contributed by atoms with E-state index in [0.29, 0.717) is 12.3 Å². The molecule has 0 unspecified atom stereocenters. The smallest absolute Gasteiger partial charge is 0.222 e. The summed E-state index contributed by atoms with van der Waals surface area (Å²) in [6.45, 7) is 5.20. The van der Waals surface area contributed by atoms with E-state index in [0.717, 1.165) is 24.5 Å². The molecule has 4 nitrogen and oxygen atoms in total. The van der Waals surface area contributed by atoms with Crippen LogP contribution in [0, 0.1) is 6.92 Å². The number of rotatable bonds is 2. The highest BCUT2D eigenvalue weighted by atomic mass is 16.2. The maximum absolute atomic E-state index is 11.4. The van der Waals surface area contributed by atoms with Crippen LogP contribution in [-0.2, 0) is 4.79 Å². The summed E-state index contributed by atoms with van der Waals surface area (Å²) in [5.41, 5.74) is 1.86. The summed E-state index contributed by atoms with van der Waals surface area (Å²) in [5, 5.41) is 0. The van der Waals surface area contributed by atoms with Crippen molar-refractivity contribution >= 4 is 5.91 Å².